The second-order valence-corrected chi connectivity index (χ2v) is 10.7. The molecule has 2 heterocycles. The first kappa shape index (κ1) is 31.0. The maximum atomic E-state index is 12.5. The van der Waals surface area contributed by atoms with Crippen LogP contribution in [0.5, 0.6) is 0 Å². The lowest BCUT2D eigenvalue weighted by Gasteiger charge is -2.36. The number of carbonyl (C=O) groups excluding carboxylic acids is 2. The van der Waals surface area contributed by atoms with Gasteiger partial charge in [0.25, 0.3) is 0 Å². The number of nitrogens with one attached hydrogen (secondary N) is 2. The lowest BCUT2D eigenvalue weighted by molar-refractivity contribution is -0.252. The van der Waals surface area contributed by atoms with E-state index in [1.54, 1.807) is 16.4 Å². The molecule has 1 fully saturated rings. The van der Waals surface area contributed by atoms with E-state index in [1.807, 2.05) is 48.5 Å². The molecule has 10 nitrogen and oxygen atoms in total. The minimum atomic E-state index is -0.706. The van der Waals surface area contributed by atoms with Gasteiger partial charge in [-0.1, -0.05) is 72.4 Å². The topological polar surface area (TPSA) is 135 Å². The molecule has 0 aliphatic carbocycles. The van der Waals surface area contributed by atoms with E-state index in [-0.39, 0.29) is 36.3 Å². The van der Waals surface area contributed by atoms with E-state index in [0.717, 1.165) is 29.5 Å². The Morgan fingerprint density at radius 2 is 1.71 bits per heavy atom. The fourth-order valence-corrected chi connectivity index (χ4v) is 5.00. The van der Waals surface area contributed by atoms with Gasteiger partial charge in [-0.25, -0.2) is 10.5 Å². The lowest BCUT2D eigenvalue weighted by Crippen LogP contribution is -2.32. The predicted octanol–water partition coefficient (Wildman–Crippen LogP) is 5.71. The summed E-state index contributed by atoms with van der Waals surface area (Å²) in [7, 11) is 0. The van der Waals surface area contributed by atoms with Crippen LogP contribution < -0.4 is 10.8 Å². The number of rotatable bonds is 13. The van der Waals surface area contributed by atoms with E-state index in [9.17, 15) is 14.7 Å². The summed E-state index contributed by atoms with van der Waals surface area (Å²) in [5, 5.41) is 21.5. The van der Waals surface area contributed by atoms with Crippen LogP contribution in [0.4, 0.5) is 5.69 Å². The van der Waals surface area contributed by atoms with Crippen molar-refractivity contribution in [2.24, 2.45) is 0 Å². The Labute approximate surface area is 248 Å². The molecule has 4 rings (SSSR count). The van der Waals surface area contributed by atoms with E-state index in [2.05, 4.69) is 10.3 Å². The van der Waals surface area contributed by atoms with Crippen molar-refractivity contribution in [3.05, 3.63) is 81.9 Å². The molecule has 3 atom stereocenters. The fraction of sp³-hybridized carbons (Fsp3) is 0.414. The number of ether oxygens (including phenoxy) is 2. The normalized spacial score (nSPS) is 18.7. The van der Waals surface area contributed by atoms with Gasteiger partial charge in [-0.05, 0) is 36.1 Å². The third-order valence-corrected chi connectivity index (χ3v) is 7.64. The molecule has 1 aromatic heterocycles. The van der Waals surface area contributed by atoms with Crippen molar-refractivity contribution in [1.29, 1.82) is 0 Å². The Kier molecular flexibility index (Phi) is 11.6. The molecular weight excluding hydrogens is 571 g/mol. The van der Waals surface area contributed by atoms with Crippen molar-refractivity contribution in [1.82, 2.24) is 15.0 Å². The molecule has 2 amide bonds. The van der Waals surface area contributed by atoms with Crippen LogP contribution in [0.2, 0.25) is 10.3 Å². The number of amides is 2. The third kappa shape index (κ3) is 9.00. The predicted molar refractivity (Wildman–Crippen MR) is 153 cm³/mol. The van der Waals surface area contributed by atoms with Crippen molar-refractivity contribution in [3.8, 4) is 0 Å². The Balaban J connectivity index is 1.40. The Bertz CT molecular complexity index is 1300. The SMILES string of the molecule is O=C(CCCCCCC(=O)Nc1cccc(C2OC(Cn3cnc(Cl)c3Cl)CC(c3ccc(CO)cc3)O2)c1)NO. The van der Waals surface area contributed by atoms with Gasteiger partial charge in [-0.2, -0.15) is 0 Å². The van der Waals surface area contributed by atoms with Gasteiger partial charge in [0.05, 0.1) is 31.7 Å². The van der Waals surface area contributed by atoms with Gasteiger partial charge in [0.1, 0.15) is 5.15 Å². The average molecular weight is 606 g/mol. The molecule has 0 saturated carbocycles. The van der Waals surface area contributed by atoms with Crippen LogP contribution in [-0.4, -0.2) is 37.8 Å². The third-order valence-electron chi connectivity index (χ3n) is 6.87. The molecule has 4 N–H and O–H groups in total. The van der Waals surface area contributed by atoms with E-state index in [1.165, 1.54) is 0 Å². The molecule has 220 valence electrons. The van der Waals surface area contributed by atoms with Crippen molar-refractivity contribution in [3.63, 3.8) is 0 Å². The highest BCUT2D eigenvalue weighted by molar-refractivity contribution is 6.40. The van der Waals surface area contributed by atoms with Crippen LogP contribution >= 0.6 is 23.2 Å². The van der Waals surface area contributed by atoms with Gasteiger partial charge < -0.3 is 24.5 Å². The van der Waals surface area contributed by atoms with Crippen LogP contribution in [0.25, 0.3) is 0 Å². The Morgan fingerprint density at radius 3 is 2.37 bits per heavy atom. The molecule has 41 heavy (non-hydrogen) atoms. The number of halogens is 2. The maximum absolute atomic E-state index is 12.5. The van der Waals surface area contributed by atoms with E-state index in [0.29, 0.717) is 43.1 Å². The highest BCUT2D eigenvalue weighted by atomic mass is 35.5. The molecule has 1 aliphatic heterocycles. The smallest absolute Gasteiger partial charge is 0.243 e. The van der Waals surface area contributed by atoms with Crippen LogP contribution in [0.15, 0.2) is 54.9 Å². The second kappa shape index (κ2) is 15.3. The van der Waals surface area contributed by atoms with Gasteiger partial charge in [-0.15, -0.1) is 0 Å². The number of hydrogen-bond acceptors (Lipinski definition) is 7. The van der Waals surface area contributed by atoms with Crippen molar-refractivity contribution >= 4 is 40.7 Å². The highest BCUT2D eigenvalue weighted by Gasteiger charge is 2.33. The summed E-state index contributed by atoms with van der Waals surface area (Å²) in [4.78, 5) is 27.7. The summed E-state index contributed by atoms with van der Waals surface area (Å²) in [6, 6.07) is 15.0. The minimum Gasteiger partial charge on any atom is -0.392 e. The van der Waals surface area contributed by atoms with E-state index in [4.69, 9.17) is 37.9 Å². The highest BCUT2D eigenvalue weighted by Crippen LogP contribution is 2.39. The molecular formula is C29H34Cl2N4O6. The standard InChI is InChI=1S/C29H34Cl2N4O6/c30-27-28(31)35(18-32-27)16-23-15-24(20-12-10-19(17-36)11-13-20)41-29(40-23)21-6-5-7-22(14-21)33-25(37)8-3-1-2-4-9-26(38)34-39/h5-7,10-14,18,23-24,29,36,39H,1-4,8-9,15-17H2,(H,33,37)(H,34,38). The number of hydroxylamine groups is 1. The number of aromatic nitrogens is 2. The number of benzene rings is 2. The first-order valence-electron chi connectivity index (χ1n) is 13.6. The number of hydrogen-bond donors (Lipinski definition) is 4. The number of imidazole rings is 1. The molecule has 0 spiro atoms. The van der Waals surface area contributed by atoms with Crippen LogP contribution in [0.1, 0.15) is 74.0 Å². The van der Waals surface area contributed by atoms with Gasteiger partial charge >= 0.3 is 0 Å². The van der Waals surface area contributed by atoms with Crippen LogP contribution in [0, 0.1) is 0 Å². The van der Waals surface area contributed by atoms with Crippen molar-refractivity contribution in [2.45, 2.75) is 76.6 Å². The monoisotopic (exact) mass is 604 g/mol. The maximum Gasteiger partial charge on any atom is 0.243 e. The van der Waals surface area contributed by atoms with Gasteiger partial charge in [-0.3, -0.25) is 14.8 Å². The molecule has 3 unspecified atom stereocenters. The Morgan fingerprint density at radius 1 is 0.976 bits per heavy atom. The largest absolute Gasteiger partial charge is 0.392 e. The first-order chi connectivity index (χ1) is 19.9. The number of aliphatic hydroxyl groups is 1. The molecule has 2 aromatic carbocycles. The zero-order valence-corrected chi connectivity index (χ0v) is 24.0. The number of nitrogens with zero attached hydrogens (tertiary/aromatic N) is 2. The van der Waals surface area contributed by atoms with E-state index >= 15 is 0 Å². The molecule has 12 heteroatoms. The quantitative estimate of drug-likeness (QED) is 0.111. The molecule has 0 radical (unpaired) electrons. The zero-order chi connectivity index (χ0) is 29.2. The van der Waals surface area contributed by atoms with Crippen molar-refractivity contribution in [2.75, 3.05) is 5.32 Å². The summed E-state index contributed by atoms with van der Waals surface area (Å²) in [6.07, 6.45) is 4.44. The summed E-state index contributed by atoms with van der Waals surface area (Å²) >= 11 is 12.4. The fourth-order valence-electron chi connectivity index (χ4n) is 4.69. The molecule has 1 saturated heterocycles. The number of aliphatic hydroxyl groups excluding tert-OH is 1. The summed E-state index contributed by atoms with van der Waals surface area (Å²) in [5.41, 5.74) is 4.77. The summed E-state index contributed by atoms with van der Waals surface area (Å²) in [5.74, 6) is -0.507. The van der Waals surface area contributed by atoms with Gasteiger partial charge in [0.15, 0.2) is 11.4 Å². The summed E-state index contributed by atoms with van der Waals surface area (Å²) in [6.45, 7) is 0.382. The number of carbonyl (C=O) groups is 2. The van der Waals surface area contributed by atoms with E-state index < -0.39 is 12.2 Å². The first-order valence-corrected chi connectivity index (χ1v) is 14.3. The molecule has 3 aromatic rings. The van der Waals surface area contributed by atoms with Crippen LogP contribution in [-0.2, 0) is 32.2 Å². The number of anilines is 1. The summed E-state index contributed by atoms with van der Waals surface area (Å²) < 4.78 is 14.5. The van der Waals surface area contributed by atoms with Gasteiger partial charge in [0.2, 0.25) is 11.8 Å². The zero-order valence-electron chi connectivity index (χ0n) is 22.5. The average Bonchev–Trinajstić information content (AvgIpc) is 3.30. The Hall–Kier alpha value is -2.99. The molecule has 0 bridgehead atoms. The lowest BCUT2D eigenvalue weighted by atomic mass is 10.00. The minimum absolute atomic E-state index is 0.0398. The van der Waals surface area contributed by atoms with Crippen LogP contribution in [0.3, 0.4) is 0 Å². The number of unbranched alkanes of at least 4 members (excludes halogenated alkanes) is 3. The second-order valence-electron chi connectivity index (χ2n) is 9.95. The van der Waals surface area contributed by atoms with Gasteiger partial charge in [0, 0.05) is 30.5 Å². The van der Waals surface area contributed by atoms with Crippen molar-refractivity contribution < 1.29 is 29.4 Å². The molecule has 1 aliphatic rings.